The van der Waals surface area contributed by atoms with Crippen LogP contribution in [0.4, 0.5) is 17.3 Å². The Morgan fingerprint density at radius 1 is 0.780 bits per heavy atom. The molecule has 9 heteroatoms. The van der Waals surface area contributed by atoms with E-state index in [-0.39, 0.29) is 34.3 Å². The molecule has 1 saturated heterocycles. The quantitative estimate of drug-likeness (QED) is 0.198. The topological polar surface area (TPSA) is 72.9 Å². The molecule has 1 aromatic heterocycles. The molecule has 2 aliphatic heterocycles. The molecular weight excluding hydrogens is 532 g/mol. The van der Waals surface area contributed by atoms with Crippen molar-refractivity contribution in [3.8, 4) is 0 Å². The lowest BCUT2D eigenvalue weighted by molar-refractivity contribution is -0.133. The van der Waals surface area contributed by atoms with E-state index in [0.717, 1.165) is 22.5 Å². The van der Waals surface area contributed by atoms with Crippen LogP contribution in [-0.2, 0) is 9.59 Å². The molecule has 41 heavy (non-hydrogen) atoms. The van der Waals surface area contributed by atoms with Gasteiger partial charge in [-0.3, -0.25) is 24.3 Å². The maximum Gasteiger partial charge on any atom is 0.265 e. The fourth-order valence-corrected chi connectivity index (χ4v) is 5.88. The summed E-state index contributed by atoms with van der Waals surface area (Å²) in [5.74, 6) is 1.86. The Balaban J connectivity index is 1.77. The average molecular weight is 569 g/mol. The summed E-state index contributed by atoms with van der Waals surface area (Å²) >= 11 is 5.45. The van der Waals surface area contributed by atoms with Crippen molar-refractivity contribution in [2.24, 2.45) is 0 Å². The highest BCUT2D eigenvalue weighted by Gasteiger charge is 2.39. The molecule has 8 nitrogen and oxygen atoms in total. The SMILES string of the molecule is CCN1C(=O)C(=C/C=C2\N(C)c3nc4ccccc4nc3N2c2c(C(C)C)cccc2C(C)C)C(=O)N(CC)C1=S. The zero-order valence-corrected chi connectivity index (χ0v) is 25.5. The molecule has 2 aliphatic rings. The van der Waals surface area contributed by atoms with E-state index in [4.69, 9.17) is 22.2 Å². The number of rotatable bonds is 6. The van der Waals surface area contributed by atoms with Crippen molar-refractivity contribution in [3.05, 3.63) is 77.1 Å². The minimum Gasteiger partial charge on any atom is -0.312 e. The number of carbonyl (C=O) groups excluding carboxylic acids is 2. The number of allylic oxidation sites excluding steroid dienone is 2. The number of aromatic nitrogens is 2. The highest BCUT2D eigenvalue weighted by molar-refractivity contribution is 7.80. The van der Waals surface area contributed by atoms with Gasteiger partial charge < -0.3 is 4.90 Å². The largest absolute Gasteiger partial charge is 0.312 e. The number of amides is 2. The lowest BCUT2D eigenvalue weighted by atomic mass is 9.92. The molecule has 2 aromatic carbocycles. The summed E-state index contributed by atoms with van der Waals surface area (Å²) in [5.41, 5.74) is 5.06. The summed E-state index contributed by atoms with van der Waals surface area (Å²) in [5, 5.41) is 0.245. The number of likely N-dealkylation sites (N-methyl/N-ethyl adjacent to an activating group) is 2. The Morgan fingerprint density at radius 2 is 1.29 bits per heavy atom. The summed E-state index contributed by atoms with van der Waals surface area (Å²) in [4.78, 5) is 43.9. The molecule has 0 bridgehead atoms. The summed E-state index contributed by atoms with van der Waals surface area (Å²) in [6, 6.07) is 14.2. The number of fused-ring (bicyclic) bond motifs is 2. The first kappa shape index (κ1) is 28.4. The van der Waals surface area contributed by atoms with Crippen molar-refractivity contribution < 1.29 is 9.59 Å². The van der Waals surface area contributed by atoms with Crippen LogP contribution in [0, 0.1) is 0 Å². The third kappa shape index (κ3) is 4.68. The van der Waals surface area contributed by atoms with Crippen molar-refractivity contribution in [2.75, 3.05) is 29.9 Å². The molecule has 2 amide bonds. The standard InChI is InChI=1S/C32H36N6O2S/c1-8-36-30(39)23(31(40)37(9-2)32(36)41)17-18-26-35(7)28-29(34-25-16-11-10-15-24(25)33-28)38(26)27-21(19(3)4)13-12-14-22(27)20(5)6/h10-20H,8-9H2,1-7H3/b26-18+. The Kier molecular flexibility index (Phi) is 7.66. The molecule has 0 spiro atoms. The van der Waals surface area contributed by atoms with E-state index in [1.165, 1.54) is 20.9 Å². The molecule has 1 fully saturated rings. The van der Waals surface area contributed by atoms with E-state index in [1.54, 1.807) is 6.08 Å². The van der Waals surface area contributed by atoms with Gasteiger partial charge >= 0.3 is 0 Å². The van der Waals surface area contributed by atoms with Crippen molar-refractivity contribution in [2.45, 2.75) is 53.4 Å². The predicted octanol–water partition coefficient (Wildman–Crippen LogP) is 6.23. The van der Waals surface area contributed by atoms with Crippen LogP contribution in [0.1, 0.15) is 64.5 Å². The van der Waals surface area contributed by atoms with Crippen molar-refractivity contribution >= 4 is 57.5 Å². The molecule has 0 radical (unpaired) electrons. The molecule has 3 aromatic rings. The number of thiocarbonyl (C=S) groups is 1. The minimum atomic E-state index is -0.388. The van der Waals surface area contributed by atoms with E-state index in [2.05, 4.69) is 50.8 Å². The van der Waals surface area contributed by atoms with Gasteiger partial charge in [-0.1, -0.05) is 58.0 Å². The fourth-order valence-electron chi connectivity index (χ4n) is 5.46. The molecule has 0 aliphatic carbocycles. The summed E-state index contributed by atoms with van der Waals surface area (Å²) in [7, 11) is 1.94. The van der Waals surface area contributed by atoms with Crippen LogP contribution in [0.2, 0.25) is 0 Å². The zero-order valence-electron chi connectivity index (χ0n) is 24.7. The van der Waals surface area contributed by atoms with E-state index >= 15 is 0 Å². The van der Waals surface area contributed by atoms with E-state index in [0.29, 0.717) is 24.7 Å². The third-order valence-electron chi connectivity index (χ3n) is 7.65. The Bertz CT molecular complexity index is 1570. The normalized spacial score (nSPS) is 16.8. The lowest BCUT2D eigenvalue weighted by Crippen LogP contribution is -2.55. The van der Waals surface area contributed by atoms with Gasteiger partial charge in [0.15, 0.2) is 16.7 Å². The number of hydrogen-bond acceptors (Lipinski definition) is 7. The number of benzene rings is 2. The molecule has 0 saturated carbocycles. The molecule has 3 heterocycles. The van der Waals surface area contributed by atoms with Crippen LogP contribution in [0.25, 0.3) is 11.0 Å². The van der Waals surface area contributed by atoms with Crippen LogP contribution in [-0.4, -0.2) is 56.8 Å². The first-order valence-electron chi connectivity index (χ1n) is 14.1. The molecule has 212 valence electrons. The van der Waals surface area contributed by atoms with Gasteiger partial charge in [-0.15, -0.1) is 0 Å². The second-order valence-corrected chi connectivity index (χ2v) is 11.2. The zero-order chi connectivity index (χ0) is 29.6. The lowest BCUT2D eigenvalue weighted by Gasteiger charge is -2.35. The molecule has 0 N–H and O–H groups in total. The van der Waals surface area contributed by atoms with Gasteiger partial charge in [0.1, 0.15) is 11.4 Å². The minimum absolute atomic E-state index is 0.0754. The maximum absolute atomic E-state index is 13.4. The highest BCUT2D eigenvalue weighted by atomic mass is 32.1. The van der Waals surface area contributed by atoms with Crippen molar-refractivity contribution in [1.29, 1.82) is 0 Å². The number of nitrogens with zero attached hydrogens (tertiary/aromatic N) is 6. The van der Waals surface area contributed by atoms with E-state index < -0.39 is 0 Å². The van der Waals surface area contributed by atoms with Crippen LogP contribution < -0.4 is 9.80 Å². The predicted molar refractivity (Wildman–Crippen MR) is 168 cm³/mol. The smallest absolute Gasteiger partial charge is 0.265 e. The first-order chi connectivity index (χ1) is 19.6. The van der Waals surface area contributed by atoms with Gasteiger partial charge in [0.05, 0.1) is 16.7 Å². The van der Waals surface area contributed by atoms with Gasteiger partial charge in [-0.25, -0.2) is 9.97 Å². The van der Waals surface area contributed by atoms with Gasteiger partial charge in [0.25, 0.3) is 11.8 Å². The van der Waals surface area contributed by atoms with Gasteiger partial charge in [0, 0.05) is 20.1 Å². The van der Waals surface area contributed by atoms with Crippen LogP contribution in [0.5, 0.6) is 0 Å². The van der Waals surface area contributed by atoms with Gasteiger partial charge in [-0.05, 0) is 73.3 Å². The second-order valence-electron chi connectivity index (χ2n) is 10.8. The second kappa shape index (κ2) is 11.0. The van der Waals surface area contributed by atoms with Gasteiger partial charge in [0.2, 0.25) is 0 Å². The Labute approximate surface area is 247 Å². The highest BCUT2D eigenvalue weighted by Crippen LogP contribution is 2.48. The van der Waals surface area contributed by atoms with Crippen molar-refractivity contribution in [3.63, 3.8) is 0 Å². The maximum atomic E-state index is 13.4. The Hall–Kier alpha value is -4.11. The fraction of sp³-hybridized carbons (Fsp3) is 0.344. The number of para-hydroxylation sites is 3. The number of hydrogen-bond donors (Lipinski definition) is 0. The first-order valence-corrected chi connectivity index (χ1v) is 14.5. The van der Waals surface area contributed by atoms with E-state index in [9.17, 15) is 9.59 Å². The Morgan fingerprint density at radius 3 is 1.78 bits per heavy atom. The van der Waals surface area contributed by atoms with Crippen LogP contribution in [0.3, 0.4) is 0 Å². The summed E-state index contributed by atoms with van der Waals surface area (Å²) in [6.07, 6.45) is 3.45. The van der Waals surface area contributed by atoms with Gasteiger partial charge in [-0.2, -0.15) is 0 Å². The van der Waals surface area contributed by atoms with Crippen LogP contribution in [0.15, 0.2) is 66.0 Å². The van der Waals surface area contributed by atoms with Crippen LogP contribution >= 0.6 is 12.2 Å². The molecule has 0 unspecified atom stereocenters. The average Bonchev–Trinajstić information content (AvgIpc) is 3.21. The molecule has 5 rings (SSSR count). The third-order valence-corrected chi connectivity index (χ3v) is 8.09. The molecule has 0 atom stereocenters. The summed E-state index contributed by atoms with van der Waals surface area (Å²) < 4.78 is 0. The number of anilines is 3. The number of carbonyl (C=O) groups is 2. The summed E-state index contributed by atoms with van der Waals surface area (Å²) in [6.45, 7) is 13.2. The van der Waals surface area contributed by atoms with E-state index in [1.807, 2.05) is 56.1 Å². The van der Waals surface area contributed by atoms with Crippen molar-refractivity contribution in [1.82, 2.24) is 19.8 Å². The molecular formula is C32H36N6O2S. The monoisotopic (exact) mass is 568 g/mol.